The predicted molar refractivity (Wildman–Crippen MR) is 76.5 cm³/mol. The van der Waals surface area contributed by atoms with Gasteiger partial charge in [0.2, 0.25) is 0 Å². The number of aliphatic imine (C=N–C) groups is 1. The van der Waals surface area contributed by atoms with Crippen molar-refractivity contribution in [1.29, 1.82) is 0 Å². The average molecular weight is 270 g/mol. The lowest BCUT2D eigenvalue weighted by Gasteiger charge is -2.03. The number of hydrogen-bond acceptors (Lipinski definition) is 4. The number of phenolic OH excluding ortho intramolecular Hbond substituents is 1. The summed E-state index contributed by atoms with van der Waals surface area (Å²) < 4.78 is 5.15. The molecular weight excluding hydrogens is 256 g/mol. The molecule has 102 valence electrons. The second-order valence-corrected chi connectivity index (χ2v) is 4.07. The number of aromatic hydroxyl groups is 1. The van der Waals surface area contributed by atoms with Crippen LogP contribution in [0.25, 0.3) is 0 Å². The first kappa shape index (κ1) is 13.6. The molecule has 0 aliphatic carbocycles. The summed E-state index contributed by atoms with van der Waals surface area (Å²) in [6, 6.07) is 13.8. The predicted octanol–water partition coefficient (Wildman–Crippen LogP) is 2.01. The number of primary amides is 1. The zero-order valence-electron chi connectivity index (χ0n) is 10.7. The summed E-state index contributed by atoms with van der Waals surface area (Å²) in [6.07, 6.45) is 1.63. The number of benzene rings is 2. The van der Waals surface area contributed by atoms with Crippen molar-refractivity contribution in [3.8, 4) is 11.5 Å². The van der Waals surface area contributed by atoms with Gasteiger partial charge in [-0.2, -0.15) is 0 Å². The molecule has 3 N–H and O–H groups in total. The number of carbonyl (C=O) groups excluding carboxylic acids is 1. The molecule has 0 spiro atoms. The Kier molecular flexibility index (Phi) is 4.34. The minimum Gasteiger partial charge on any atom is -0.506 e. The van der Waals surface area contributed by atoms with Crippen LogP contribution >= 0.6 is 0 Å². The fourth-order valence-corrected chi connectivity index (χ4v) is 1.52. The van der Waals surface area contributed by atoms with Crippen LogP contribution in [0, 0.1) is 0 Å². The summed E-state index contributed by atoms with van der Waals surface area (Å²) in [4.78, 5) is 14.8. The molecule has 0 aromatic heterocycles. The summed E-state index contributed by atoms with van der Waals surface area (Å²) in [6.45, 7) is -0.147. The molecule has 0 fully saturated rings. The lowest BCUT2D eigenvalue weighted by atomic mass is 10.2. The lowest BCUT2D eigenvalue weighted by Crippen LogP contribution is -2.19. The van der Waals surface area contributed by atoms with Crippen LogP contribution in [0.5, 0.6) is 11.5 Å². The highest BCUT2D eigenvalue weighted by molar-refractivity contribution is 5.82. The number of rotatable bonds is 5. The maximum Gasteiger partial charge on any atom is 0.255 e. The van der Waals surface area contributed by atoms with Crippen LogP contribution in [0.2, 0.25) is 0 Å². The topological polar surface area (TPSA) is 84.9 Å². The highest BCUT2D eigenvalue weighted by Gasteiger charge is 1.98. The highest BCUT2D eigenvalue weighted by atomic mass is 16.5. The first-order chi connectivity index (χ1) is 9.65. The summed E-state index contributed by atoms with van der Waals surface area (Å²) in [7, 11) is 0. The smallest absolute Gasteiger partial charge is 0.255 e. The first-order valence-electron chi connectivity index (χ1n) is 5.98. The van der Waals surface area contributed by atoms with Crippen LogP contribution in [-0.2, 0) is 4.79 Å². The number of nitrogens with zero attached hydrogens (tertiary/aromatic N) is 1. The first-order valence-corrected chi connectivity index (χ1v) is 5.98. The van der Waals surface area contributed by atoms with Crippen molar-refractivity contribution in [1.82, 2.24) is 0 Å². The van der Waals surface area contributed by atoms with Crippen molar-refractivity contribution in [2.45, 2.75) is 0 Å². The molecule has 5 heteroatoms. The van der Waals surface area contributed by atoms with Gasteiger partial charge in [-0.25, -0.2) is 0 Å². The van der Waals surface area contributed by atoms with Gasteiger partial charge in [-0.3, -0.25) is 9.79 Å². The van der Waals surface area contributed by atoms with Gasteiger partial charge in [-0.15, -0.1) is 0 Å². The van der Waals surface area contributed by atoms with E-state index in [4.69, 9.17) is 10.5 Å². The summed E-state index contributed by atoms with van der Waals surface area (Å²) >= 11 is 0. The number of hydrogen-bond donors (Lipinski definition) is 2. The van der Waals surface area contributed by atoms with Gasteiger partial charge in [0.1, 0.15) is 17.2 Å². The van der Waals surface area contributed by atoms with Gasteiger partial charge in [-0.1, -0.05) is 12.1 Å². The zero-order chi connectivity index (χ0) is 14.4. The number of para-hydroxylation sites is 2. The summed E-state index contributed by atoms with van der Waals surface area (Å²) in [5.74, 6) is 0.170. The molecule has 0 aliphatic heterocycles. The fraction of sp³-hybridized carbons (Fsp3) is 0.0667. The van der Waals surface area contributed by atoms with Gasteiger partial charge in [0.05, 0.1) is 0 Å². The molecule has 20 heavy (non-hydrogen) atoms. The second kappa shape index (κ2) is 6.38. The van der Waals surface area contributed by atoms with Crippen LogP contribution in [-0.4, -0.2) is 23.8 Å². The largest absolute Gasteiger partial charge is 0.506 e. The Balaban J connectivity index is 2.04. The van der Waals surface area contributed by atoms with Gasteiger partial charge in [-0.05, 0) is 42.0 Å². The third kappa shape index (κ3) is 3.84. The van der Waals surface area contributed by atoms with E-state index in [0.29, 0.717) is 11.4 Å². The standard InChI is InChI=1S/C15H14N2O3/c16-15(19)10-20-12-7-5-11(6-8-12)9-17-13-3-1-2-4-14(13)18/h1-9,18H,10H2,(H2,16,19). The maximum atomic E-state index is 10.6. The van der Waals surface area contributed by atoms with E-state index in [1.165, 1.54) is 0 Å². The molecule has 0 saturated carbocycles. The lowest BCUT2D eigenvalue weighted by molar-refractivity contribution is -0.119. The van der Waals surface area contributed by atoms with Crippen molar-refractivity contribution in [2.24, 2.45) is 10.7 Å². The molecule has 0 heterocycles. The monoisotopic (exact) mass is 270 g/mol. The summed E-state index contributed by atoms with van der Waals surface area (Å²) in [5, 5.41) is 9.58. The van der Waals surface area contributed by atoms with Crippen LogP contribution in [0.15, 0.2) is 53.5 Å². The Bertz CT molecular complexity index is 621. The molecule has 2 rings (SSSR count). The Morgan fingerprint density at radius 1 is 1.20 bits per heavy atom. The molecule has 2 aromatic rings. The molecular formula is C15H14N2O3. The number of phenols is 1. The van der Waals surface area contributed by atoms with Gasteiger partial charge >= 0.3 is 0 Å². The normalized spacial score (nSPS) is 10.6. The van der Waals surface area contributed by atoms with Crippen LogP contribution < -0.4 is 10.5 Å². The molecule has 1 amide bonds. The second-order valence-electron chi connectivity index (χ2n) is 4.07. The average Bonchev–Trinajstić information content (AvgIpc) is 2.45. The molecule has 5 nitrogen and oxygen atoms in total. The zero-order valence-corrected chi connectivity index (χ0v) is 10.7. The maximum absolute atomic E-state index is 10.6. The third-order valence-corrected chi connectivity index (χ3v) is 2.50. The quantitative estimate of drug-likeness (QED) is 0.815. The van der Waals surface area contributed by atoms with E-state index in [0.717, 1.165) is 5.56 Å². The van der Waals surface area contributed by atoms with E-state index in [1.807, 2.05) is 0 Å². The molecule has 2 aromatic carbocycles. The van der Waals surface area contributed by atoms with E-state index in [1.54, 1.807) is 54.7 Å². The number of carbonyl (C=O) groups is 1. The van der Waals surface area contributed by atoms with Gasteiger partial charge < -0.3 is 15.6 Å². The van der Waals surface area contributed by atoms with E-state index < -0.39 is 5.91 Å². The highest BCUT2D eigenvalue weighted by Crippen LogP contribution is 2.24. The van der Waals surface area contributed by atoms with Crippen molar-refractivity contribution in [2.75, 3.05) is 6.61 Å². The molecule has 0 unspecified atom stereocenters. The van der Waals surface area contributed by atoms with Crippen LogP contribution in [0.1, 0.15) is 5.56 Å². The Labute approximate surface area is 116 Å². The van der Waals surface area contributed by atoms with Gasteiger partial charge in [0, 0.05) is 6.21 Å². The number of ether oxygens (including phenoxy) is 1. The fourth-order valence-electron chi connectivity index (χ4n) is 1.52. The summed E-state index contributed by atoms with van der Waals surface area (Å²) in [5.41, 5.74) is 6.34. The minimum atomic E-state index is -0.518. The molecule has 0 bridgehead atoms. The number of amides is 1. The third-order valence-electron chi connectivity index (χ3n) is 2.50. The Morgan fingerprint density at radius 3 is 2.55 bits per heavy atom. The van der Waals surface area contributed by atoms with Crippen molar-refractivity contribution >= 4 is 17.8 Å². The molecule has 0 atom stereocenters. The molecule has 0 radical (unpaired) electrons. The van der Waals surface area contributed by atoms with Gasteiger partial charge in [0.15, 0.2) is 6.61 Å². The van der Waals surface area contributed by atoms with E-state index in [9.17, 15) is 9.90 Å². The van der Waals surface area contributed by atoms with E-state index in [2.05, 4.69) is 4.99 Å². The van der Waals surface area contributed by atoms with Crippen molar-refractivity contribution in [3.63, 3.8) is 0 Å². The van der Waals surface area contributed by atoms with E-state index in [-0.39, 0.29) is 12.4 Å². The van der Waals surface area contributed by atoms with Crippen molar-refractivity contribution < 1.29 is 14.6 Å². The molecule has 0 aliphatic rings. The van der Waals surface area contributed by atoms with Crippen molar-refractivity contribution in [3.05, 3.63) is 54.1 Å². The van der Waals surface area contributed by atoms with Crippen LogP contribution in [0.4, 0.5) is 5.69 Å². The minimum absolute atomic E-state index is 0.130. The van der Waals surface area contributed by atoms with Crippen LogP contribution in [0.3, 0.4) is 0 Å². The SMILES string of the molecule is NC(=O)COc1ccc(C=Nc2ccccc2O)cc1. The van der Waals surface area contributed by atoms with E-state index >= 15 is 0 Å². The van der Waals surface area contributed by atoms with Gasteiger partial charge in [0.25, 0.3) is 5.91 Å². The Morgan fingerprint density at radius 2 is 1.90 bits per heavy atom. The molecule has 0 saturated heterocycles. The Hall–Kier alpha value is -2.82. The number of nitrogens with two attached hydrogens (primary N) is 1.